The fraction of sp³-hybridized carbons (Fsp3) is 0.263. The van der Waals surface area contributed by atoms with E-state index < -0.39 is 23.7 Å². The van der Waals surface area contributed by atoms with E-state index in [1.165, 1.54) is 19.1 Å². The van der Waals surface area contributed by atoms with E-state index in [4.69, 9.17) is 9.47 Å². The zero-order valence-electron chi connectivity index (χ0n) is 15.3. The van der Waals surface area contributed by atoms with Crippen LogP contribution in [0.15, 0.2) is 36.4 Å². The lowest BCUT2D eigenvalue weighted by molar-refractivity contribution is -0.117. The number of benzene rings is 2. The highest BCUT2D eigenvalue weighted by Crippen LogP contribution is 2.33. The van der Waals surface area contributed by atoms with E-state index in [-0.39, 0.29) is 24.6 Å². The summed E-state index contributed by atoms with van der Waals surface area (Å²) in [6.07, 6.45) is 0.0768. The molecule has 148 valence electrons. The first-order valence-electron chi connectivity index (χ1n) is 8.46. The first-order chi connectivity index (χ1) is 13.4. The molecule has 1 atom stereocenters. The van der Waals surface area contributed by atoms with E-state index in [0.717, 1.165) is 18.2 Å². The van der Waals surface area contributed by atoms with Crippen LogP contribution in [0.4, 0.5) is 25.0 Å². The number of ether oxygens (including phenoxy) is 2. The molecule has 7 nitrogen and oxygen atoms in total. The number of carbonyl (C=O) groups is 2. The summed E-state index contributed by atoms with van der Waals surface area (Å²) in [5.74, 6) is -0.611. The number of urea groups is 1. The highest BCUT2D eigenvalue weighted by Gasteiger charge is 2.32. The number of nitrogens with one attached hydrogen (secondary N) is 2. The predicted molar refractivity (Wildman–Crippen MR) is 98.8 cm³/mol. The Morgan fingerprint density at radius 1 is 1.11 bits per heavy atom. The molecule has 2 aromatic rings. The van der Waals surface area contributed by atoms with Crippen LogP contribution in [0.5, 0.6) is 11.5 Å². The second-order valence-electron chi connectivity index (χ2n) is 6.17. The van der Waals surface area contributed by atoms with E-state index in [2.05, 4.69) is 10.6 Å². The molecule has 1 aliphatic heterocycles. The molecule has 3 amide bonds. The number of hydrogen-bond acceptors (Lipinski definition) is 4. The maximum atomic E-state index is 13.6. The molecule has 0 aromatic heterocycles. The standard InChI is InChI=1S/C19H19F2N3O4/c1-27-16-6-4-13(9-17(16)28-2)24-10-12(8-18(24)25)22-19(26)23-15-7-11(20)3-5-14(15)21/h3-7,9,12H,8,10H2,1-2H3,(H2,22,23,26). The van der Waals surface area contributed by atoms with Crippen molar-refractivity contribution in [1.29, 1.82) is 0 Å². The molecule has 0 aliphatic carbocycles. The van der Waals surface area contributed by atoms with Gasteiger partial charge >= 0.3 is 6.03 Å². The molecule has 1 unspecified atom stereocenters. The van der Waals surface area contributed by atoms with Crippen molar-refractivity contribution in [1.82, 2.24) is 5.32 Å². The molecule has 0 radical (unpaired) electrons. The Morgan fingerprint density at radius 3 is 2.57 bits per heavy atom. The van der Waals surface area contributed by atoms with E-state index in [0.29, 0.717) is 17.2 Å². The van der Waals surface area contributed by atoms with Gasteiger partial charge in [-0.3, -0.25) is 4.79 Å². The van der Waals surface area contributed by atoms with Crippen LogP contribution in [0.2, 0.25) is 0 Å². The molecule has 0 spiro atoms. The molecule has 1 fully saturated rings. The molecule has 1 saturated heterocycles. The highest BCUT2D eigenvalue weighted by molar-refractivity contribution is 5.98. The Bertz CT molecular complexity index is 907. The van der Waals surface area contributed by atoms with Crippen LogP contribution in [-0.4, -0.2) is 38.7 Å². The maximum absolute atomic E-state index is 13.6. The van der Waals surface area contributed by atoms with Crippen molar-refractivity contribution in [3.05, 3.63) is 48.0 Å². The topological polar surface area (TPSA) is 79.9 Å². The minimum absolute atomic E-state index is 0.0768. The first kappa shape index (κ1) is 19.4. The van der Waals surface area contributed by atoms with Crippen molar-refractivity contribution in [2.45, 2.75) is 12.5 Å². The summed E-state index contributed by atoms with van der Waals surface area (Å²) in [4.78, 5) is 25.9. The van der Waals surface area contributed by atoms with Crippen molar-refractivity contribution in [2.24, 2.45) is 0 Å². The van der Waals surface area contributed by atoms with Crippen LogP contribution in [0.25, 0.3) is 0 Å². The summed E-state index contributed by atoms with van der Waals surface area (Å²) in [5.41, 5.74) is 0.321. The van der Waals surface area contributed by atoms with Crippen LogP contribution in [0.3, 0.4) is 0 Å². The van der Waals surface area contributed by atoms with Crippen LogP contribution in [-0.2, 0) is 4.79 Å². The van der Waals surface area contributed by atoms with E-state index in [1.807, 2.05) is 0 Å². The summed E-state index contributed by atoms with van der Waals surface area (Å²) >= 11 is 0. The van der Waals surface area contributed by atoms with Crippen LogP contribution in [0.1, 0.15) is 6.42 Å². The minimum atomic E-state index is -0.758. The van der Waals surface area contributed by atoms with Gasteiger partial charge in [0.05, 0.1) is 25.9 Å². The molecule has 1 aliphatic rings. The second kappa shape index (κ2) is 8.12. The number of hydrogen-bond donors (Lipinski definition) is 2. The quantitative estimate of drug-likeness (QED) is 0.822. The van der Waals surface area contributed by atoms with Crippen molar-refractivity contribution in [2.75, 3.05) is 31.0 Å². The third kappa shape index (κ3) is 4.13. The summed E-state index contributed by atoms with van der Waals surface area (Å²) in [5, 5.41) is 4.85. The number of carbonyl (C=O) groups excluding carboxylic acids is 2. The molecule has 1 heterocycles. The smallest absolute Gasteiger partial charge is 0.319 e. The van der Waals surface area contributed by atoms with Gasteiger partial charge in [0.25, 0.3) is 0 Å². The molecule has 0 saturated carbocycles. The van der Waals surface area contributed by atoms with Gasteiger partial charge in [0, 0.05) is 30.8 Å². The molecular formula is C19H19F2N3O4. The van der Waals surface area contributed by atoms with Gasteiger partial charge in [-0.1, -0.05) is 0 Å². The van der Waals surface area contributed by atoms with Crippen molar-refractivity contribution < 1.29 is 27.8 Å². The summed E-state index contributed by atoms with van der Waals surface area (Å²) in [6.45, 7) is 0.230. The van der Waals surface area contributed by atoms with E-state index in [9.17, 15) is 18.4 Å². The Balaban J connectivity index is 1.66. The van der Waals surface area contributed by atoms with Gasteiger partial charge in [-0.25, -0.2) is 13.6 Å². The number of nitrogens with zero attached hydrogens (tertiary/aromatic N) is 1. The summed E-state index contributed by atoms with van der Waals surface area (Å²) in [6, 6.07) is 6.60. The average molecular weight is 391 g/mol. The third-order valence-electron chi connectivity index (χ3n) is 4.32. The predicted octanol–water partition coefficient (Wildman–Crippen LogP) is 2.91. The number of halogens is 2. The van der Waals surface area contributed by atoms with Gasteiger partial charge in [0.2, 0.25) is 5.91 Å². The minimum Gasteiger partial charge on any atom is -0.493 e. The fourth-order valence-corrected chi connectivity index (χ4v) is 2.98. The molecule has 2 aromatic carbocycles. The van der Waals surface area contributed by atoms with Crippen molar-refractivity contribution >= 4 is 23.3 Å². The molecule has 3 rings (SSSR count). The summed E-state index contributed by atoms with van der Waals surface area (Å²) in [7, 11) is 3.01. The lowest BCUT2D eigenvalue weighted by atomic mass is 10.2. The average Bonchev–Trinajstić information content (AvgIpc) is 3.04. The summed E-state index contributed by atoms with van der Waals surface area (Å²) < 4.78 is 37.2. The SMILES string of the molecule is COc1ccc(N2CC(NC(=O)Nc3cc(F)ccc3F)CC2=O)cc1OC. The first-order valence-corrected chi connectivity index (χ1v) is 8.46. The van der Waals surface area contributed by atoms with Gasteiger partial charge in [-0.15, -0.1) is 0 Å². The molecule has 28 heavy (non-hydrogen) atoms. The van der Waals surface area contributed by atoms with Crippen molar-refractivity contribution in [3.63, 3.8) is 0 Å². The van der Waals surface area contributed by atoms with Gasteiger partial charge in [-0.05, 0) is 24.3 Å². The fourth-order valence-electron chi connectivity index (χ4n) is 2.98. The largest absolute Gasteiger partial charge is 0.493 e. The molecule has 2 N–H and O–H groups in total. The Hall–Kier alpha value is -3.36. The number of amides is 3. The van der Waals surface area contributed by atoms with Gasteiger partial charge in [0.15, 0.2) is 11.5 Å². The van der Waals surface area contributed by atoms with Gasteiger partial charge in [0.1, 0.15) is 11.6 Å². The monoisotopic (exact) mass is 391 g/mol. The van der Waals surface area contributed by atoms with Gasteiger partial charge < -0.3 is 25.0 Å². The number of rotatable bonds is 5. The number of methoxy groups -OCH3 is 2. The lowest BCUT2D eigenvalue weighted by Crippen LogP contribution is -2.39. The number of anilines is 2. The third-order valence-corrected chi connectivity index (χ3v) is 4.32. The molecular weight excluding hydrogens is 372 g/mol. The van der Waals surface area contributed by atoms with Crippen LogP contribution in [0, 0.1) is 11.6 Å². The Morgan fingerprint density at radius 2 is 1.86 bits per heavy atom. The second-order valence-corrected chi connectivity index (χ2v) is 6.17. The van der Waals surface area contributed by atoms with Gasteiger partial charge in [-0.2, -0.15) is 0 Å². The van der Waals surface area contributed by atoms with Crippen molar-refractivity contribution in [3.8, 4) is 11.5 Å². The van der Waals surface area contributed by atoms with E-state index in [1.54, 1.807) is 18.2 Å². The highest BCUT2D eigenvalue weighted by atomic mass is 19.1. The van der Waals surface area contributed by atoms with Crippen LogP contribution >= 0.6 is 0 Å². The lowest BCUT2D eigenvalue weighted by Gasteiger charge is -2.19. The maximum Gasteiger partial charge on any atom is 0.319 e. The zero-order chi connectivity index (χ0) is 20.3. The Labute approximate surface area is 160 Å². The zero-order valence-corrected chi connectivity index (χ0v) is 15.3. The normalized spacial score (nSPS) is 16.1. The Kier molecular flexibility index (Phi) is 5.62. The van der Waals surface area contributed by atoms with Crippen LogP contribution < -0.4 is 25.0 Å². The molecule has 0 bridgehead atoms. The molecule has 9 heteroatoms. The van der Waals surface area contributed by atoms with E-state index >= 15 is 0 Å².